The summed E-state index contributed by atoms with van der Waals surface area (Å²) in [4.78, 5) is 35.3. The summed E-state index contributed by atoms with van der Waals surface area (Å²) in [5, 5.41) is 10.1. The maximum absolute atomic E-state index is 12.2. The number of nitrogens with zero attached hydrogens (tertiary/aromatic N) is 1. The molecule has 3 rings (SSSR count). The van der Waals surface area contributed by atoms with Crippen LogP contribution in [0.5, 0.6) is 0 Å². The number of carbonyl (C=O) groups excluding carboxylic acids is 2. The Morgan fingerprint density at radius 1 is 1.39 bits per heavy atom. The van der Waals surface area contributed by atoms with Gasteiger partial charge in [-0.05, 0) is 13.0 Å². The normalized spacial score (nSPS) is 25.7. The Balaban J connectivity index is 2.35. The van der Waals surface area contributed by atoms with Gasteiger partial charge in [-0.3, -0.25) is 9.59 Å². The van der Waals surface area contributed by atoms with E-state index in [1.807, 2.05) is 0 Å². The Labute approximate surface area is 102 Å². The molecule has 0 bridgehead atoms. The monoisotopic (exact) mass is 249 g/mol. The maximum Gasteiger partial charge on any atom is 0.342 e. The SMILES string of the molecule is CC1(O)C(=O)OCc2c1cc1n(c2=O)CCC1=O. The van der Waals surface area contributed by atoms with E-state index >= 15 is 0 Å². The molecule has 0 saturated heterocycles. The number of aromatic nitrogens is 1. The highest BCUT2D eigenvalue weighted by atomic mass is 16.6. The van der Waals surface area contributed by atoms with Gasteiger partial charge in [0.1, 0.15) is 6.61 Å². The molecule has 1 atom stereocenters. The number of ether oxygens (including phenoxy) is 1. The molecule has 1 unspecified atom stereocenters. The average molecular weight is 249 g/mol. The van der Waals surface area contributed by atoms with Crippen molar-refractivity contribution in [3.05, 3.63) is 33.2 Å². The van der Waals surface area contributed by atoms with Gasteiger partial charge < -0.3 is 14.4 Å². The molecule has 2 aliphatic heterocycles. The summed E-state index contributed by atoms with van der Waals surface area (Å²) >= 11 is 0. The van der Waals surface area contributed by atoms with Gasteiger partial charge in [0.25, 0.3) is 5.56 Å². The van der Waals surface area contributed by atoms with Crippen molar-refractivity contribution >= 4 is 11.8 Å². The summed E-state index contributed by atoms with van der Waals surface area (Å²) in [6.45, 7) is 1.46. The number of fused-ring (bicyclic) bond motifs is 2. The van der Waals surface area contributed by atoms with Crippen LogP contribution in [-0.2, 0) is 28.3 Å². The van der Waals surface area contributed by atoms with Gasteiger partial charge in [0, 0.05) is 18.5 Å². The van der Waals surface area contributed by atoms with Crippen LogP contribution in [0.3, 0.4) is 0 Å². The van der Waals surface area contributed by atoms with Crippen molar-refractivity contribution in [2.45, 2.75) is 32.1 Å². The molecule has 94 valence electrons. The quantitative estimate of drug-likeness (QED) is 0.638. The van der Waals surface area contributed by atoms with E-state index in [2.05, 4.69) is 0 Å². The molecule has 3 heterocycles. The smallest absolute Gasteiger partial charge is 0.342 e. The van der Waals surface area contributed by atoms with Crippen molar-refractivity contribution in [2.75, 3.05) is 0 Å². The minimum Gasteiger partial charge on any atom is -0.458 e. The highest BCUT2D eigenvalue weighted by Crippen LogP contribution is 2.31. The van der Waals surface area contributed by atoms with Crippen LogP contribution in [0.4, 0.5) is 0 Å². The summed E-state index contributed by atoms with van der Waals surface area (Å²) in [5.41, 5.74) is -1.54. The third-order valence-corrected chi connectivity index (χ3v) is 3.52. The van der Waals surface area contributed by atoms with Crippen LogP contribution in [0.1, 0.15) is 35.0 Å². The van der Waals surface area contributed by atoms with Crippen LogP contribution in [0.15, 0.2) is 10.9 Å². The summed E-state index contributed by atoms with van der Waals surface area (Å²) < 4.78 is 6.17. The number of Topliss-reactive ketones (excluding diaryl/α,β-unsaturated/α-hetero) is 1. The fraction of sp³-hybridized carbons (Fsp3) is 0.417. The molecule has 0 aromatic carbocycles. The van der Waals surface area contributed by atoms with Crippen LogP contribution in [0.2, 0.25) is 0 Å². The van der Waals surface area contributed by atoms with Crippen LogP contribution in [0, 0.1) is 0 Å². The van der Waals surface area contributed by atoms with Gasteiger partial charge in [-0.15, -0.1) is 0 Å². The second-order valence-corrected chi connectivity index (χ2v) is 4.70. The molecule has 0 saturated carbocycles. The van der Waals surface area contributed by atoms with Crippen molar-refractivity contribution in [1.82, 2.24) is 4.57 Å². The number of esters is 1. The lowest BCUT2D eigenvalue weighted by atomic mass is 9.90. The maximum atomic E-state index is 12.2. The van der Waals surface area contributed by atoms with Gasteiger partial charge in [0.2, 0.25) is 0 Å². The second kappa shape index (κ2) is 3.29. The lowest BCUT2D eigenvalue weighted by molar-refractivity contribution is -0.169. The lowest BCUT2D eigenvalue weighted by Crippen LogP contribution is -2.42. The first-order chi connectivity index (χ1) is 8.43. The number of cyclic esters (lactones) is 1. The number of aliphatic hydroxyl groups is 1. The molecule has 1 aromatic heterocycles. The van der Waals surface area contributed by atoms with E-state index in [0.717, 1.165) is 0 Å². The number of hydrogen-bond acceptors (Lipinski definition) is 5. The highest BCUT2D eigenvalue weighted by molar-refractivity contribution is 5.97. The van der Waals surface area contributed by atoms with Gasteiger partial charge in [0.15, 0.2) is 11.4 Å². The minimum absolute atomic E-state index is 0.148. The summed E-state index contributed by atoms with van der Waals surface area (Å²) in [7, 11) is 0. The van der Waals surface area contributed by atoms with E-state index < -0.39 is 11.6 Å². The van der Waals surface area contributed by atoms with E-state index in [1.165, 1.54) is 17.6 Å². The van der Waals surface area contributed by atoms with Gasteiger partial charge in [-0.1, -0.05) is 0 Å². The van der Waals surface area contributed by atoms with Crippen LogP contribution < -0.4 is 5.56 Å². The fourth-order valence-electron chi connectivity index (χ4n) is 2.45. The summed E-state index contributed by atoms with van der Waals surface area (Å²) in [6, 6.07) is 1.44. The number of hydrogen-bond donors (Lipinski definition) is 1. The lowest BCUT2D eigenvalue weighted by Gasteiger charge is -2.29. The molecule has 0 spiro atoms. The third kappa shape index (κ3) is 1.23. The first kappa shape index (κ1) is 11.2. The number of rotatable bonds is 0. The zero-order valence-corrected chi connectivity index (χ0v) is 9.73. The van der Waals surface area contributed by atoms with E-state index in [4.69, 9.17) is 4.74 Å². The molecule has 0 fully saturated rings. The minimum atomic E-state index is -1.87. The van der Waals surface area contributed by atoms with Crippen LogP contribution in [0.25, 0.3) is 0 Å². The number of ketones is 1. The molecule has 1 aromatic rings. The summed E-state index contributed by atoms with van der Waals surface area (Å²) in [6.07, 6.45) is 0.273. The van der Waals surface area contributed by atoms with E-state index in [0.29, 0.717) is 6.54 Å². The van der Waals surface area contributed by atoms with Gasteiger partial charge in [-0.2, -0.15) is 0 Å². The zero-order valence-electron chi connectivity index (χ0n) is 9.73. The van der Waals surface area contributed by atoms with Crippen molar-refractivity contribution in [3.63, 3.8) is 0 Å². The van der Waals surface area contributed by atoms with Gasteiger partial charge in [-0.25, -0.2) is 4.79 Å². The van der Waals surface area contributed by atoms with Crippen molar-refractivity contribution in [3.8, 4) is 0 Å². The molecule has 6 nitrogen and oxygen atoms in total. The van der Waals surface area contributed by atoms with Crippen LogP contribution >= 0.6 is 0 Å². The first-order valence-corrected chi connectivity index (χ1v) is 5.63. The molecule has 6 heteroatoms. The van der Waals surface area contributed by atoms with Crippen LogP contribution in [-0.4, -0.2) is 21.4 Å². The Morgan fingerprint density at radius 2 is 2.11 bits per heavy atom. The molecule has 0 radical (unpaired) electrons. The Bertz CT molecular complexity index is 641. The van der Waals surface area contributed by atoms with Crippen molar-refractivity contribution in [2.24, 2.45) is 0 Å². The predicted octanol–water partition coefficient (Wildman–Crippen LogP) is -0.301. The van der Waals surface area contributed by atoms with Gasteiger partial charge in [0.05, 0.1) is 11.3 Å². The topological polar surface area (TPSA) is 85.6 Å². The van der Waals surface area contributed by atoms with E-state index in [1.54, 1.807) is 0 Å². The van der Waals surface area contributed by atoms with Gasteiger partial charge >= 0.3 is 5.97 Å². The predicted molar refractivity (Wildman–Crippen MR) is 59.0 cm³/mol. The summed E-state index contributed by atoms with van der Waals surface area (Å²) in [5.74, 6) is -0.950. The Morgan fingerprint density at radius 3 is 2.83 bits per heavy atom. The number of pyridine rings is 1. The second-order valence-electron chi connectivity index (χ2n) is 4.70. The first-order valence-electron chi connectivity index (χ1n) is 5.63. The van der Waals surface area contributed by atoms with Crippen molar-refractivity contribution < 1.29 is 19.4 Å². The largest absolute Gasteiger partial charge is 0.458 e. The van der Waals surface area contributed by atoms with E-state index in [-0.39, 0.29) is 41.2 Å². The molecular weight excluding hydrogens is 238 g/mol. The highest BCUT2D eigenvalue weighted by Gasteiger charge is 2.42. The zero-order chi connectivity index (χ0) is 13.1. The fourth-order valence-corrected chi connectivity index (χ4v) is 2.45. The molecule has 0 aliphatic carbocycles. The molecule has 0 amide bonds. The molecule has 2 aliphatic rings. The third-order valence-electron chi connectivity index (χ3n) is 3.52. The number of carbonyl (C=O) groups is 2. The Kier molecular flexibility index (Phi) is 2.04. The molecule has 18 heavy (non-hydrogen) atoms. The van der Waals surface area contributed by atoms with Crippen molar-refractivity contribution in [1.29, 1.82) is 0 Å². The molecule has 1 N–H and O–H groups in total. The standard InChI is InChI=1S/C12H11NO5/c1-12(17)7-4-8-9(14)2-3-13(8)10(15)6(7)5-18-11(12)16/h4,17H,2-3,5H2,1H3. The average Bonchev–Trinajstić information content (AvgIpc) is 2.68. The Hall–Kier alpha value is -1.95. The molecular formula is C12H11NO5. The van der Waals surface area contributed by atoms with E-state index in [9.17, 15) is 19.5 Å².